The molecule has 0 radical (unpaired) electrons. The Kier molecular flexibility index (Phi) is 2.17. The first-order valence-electron chi connectivity index (χ1n) is 5.06. The lowest BCUT2D eigenvalue weighted by Gasteiger charge is -2.29. The summed E-state index contributed by atoms with van der Waals surface area (Å²) in [6, 6.07) is 3.18. The molecule has 0 spiro atoms. The molecule has 6 N–H and O–H groups in total. The molecular formula is C11H16N2O3. The summed E-state index contributed by atoms with van der Waals surface area (Å²) in [6.45, 7) is 3.44. The maximum atomic E-state index is 10.1. The van der Waals surface area contributed by atoms with Gasteiger partial charge < -0.3 is 26.4 Å². The lowest BCUT2D eigenvalue weighted by atomic mass is 9.92. The van der Waals surface area contributed by atoms with Crippen LogP contribution in [0.5, 0.6) is 5.75 Å². The van der Waals surface area contributed by atoms with Gasteiger partial charge >= 0.3 is 0 Å². The van der Waals surface area contributed by atoms with Gasteiger partial charge in [-0.1, -0.05) is 0 Å². The van der Waals surface area contributed by atoms with Crippen LogP contribution in [-0.2, 0) is 12.3 Å². The van der Waals surface area contributed by atoms with Gasteiger partial charge in [0.2, 0.25) is 5.79 Å². The van der Waals surface area contributed by atoms with Gasteiger partial charge in [0.05, 0.1) is 5.56 Å². The SMILES string of the molecule is CC1(C)Oc2c(CN)cc(N)cc2C1(O)O. The number of benzene rings is 1. The molecule has 0 fully saturated rings. The lowest BCUT2D eigenvalue weighted by molar-refractivity contribution is -0.243. The molecule has 88 valence electrons. The number of hydrogen-bond acceptors (Lipinski definition) is 5. The number of hydrogen-bond donors (Lipinski definition) is 4. The number of aliphatic hydroxyl groups is 2. The van der Waals surface area contributed by atoms with Gasteiger partial charge in [0.15, 0.2) is 5.60 Å². The van der Waals surface area contributed by atoms with Crippen molar-refractivity contribution in [3.63, 3.8) is 0 Å². The Morgan fingerprint density at radius 1 is 1.31 bits per heavy atom. The molecule has 1 aromatic rings. The van der Waals surface area contributed by atoms with E-state index in [0.717, 1.165) is 0 Å². The molecule has 16 heavy (non-hydrogen) atoms. The minimum absolute atomic E-state index is 0.236. The highest BCUT2D eigenvalue weighted by Gasteiger charge is 2.53. The van der Waals surface area contributed by atoms with Crippen LogP contribution in [0.3, 0.4) is 0 Å². The Labute approximate surface area is 93.6 Å². The number of nitrogen functional groups attached to an aromatic ring is 1. The first-order valence-corrected chi connectivity index (χ1v) is 5.06. The minimum atomic E-state index is -2.05. The predicted octanol–water partition coefficient (Wildman–Crippen LogP) is 0.0359. The summed E-state index contributed by atoms with van der Waals surface area (Å²) in [6.07, 6.45) is 0. The van der Waals surface area contributed by atoms with Crippen molar-refractivity contribution < 1.29 is 14.9 Å². The van der Waals surface area contributed by atoms with Crippen molar-refractivity contribution in [1.82, 2.24) is 0 Å². The topological polar surface area (TPSA) is 102 Å². The molecule has 0 saturated carbocycles. The number of anilines is 1. The molecular weight excluding hydrogens is 208 g/mol. The molecule has 0 amide bonds. The van der Waals surface area contributed by atoms with Crippen LogP contribution in [0, 0.1) is 0 Å². The summed E-state index contributed by atoms with van der Waals surface area (Å²) < 4.78 is 5.55. The van der Waals surface area contributed by atoms with Crippen LogP contribution >= 0.6 is 0 Å². The van der Waals surface area contributed by atoms with Crippen LogP contribution in [0.25, 0.3) is 0 Å². The van der Waals surface area contributed by atoms with E-state index in [0.29, 0.717) is 17.0 Å². The standard InChI is InChI=1S/C11H16N2O3/c1-10(2)11(14,15)8-4-7(13)3-6(5-12)9(8)16-10/h3-4,14-15H,5,12-13H2,1-2H3. The summed E-state index contributed by atoms with van der Waals surface area (Å²) in [5.74, 6) is -1.63. The van der Waals surface area contributed by atoms with E-state index >= 15 is 0 Å². The quantitative estimate of drug-likeness (QED) is 0.398. The Morgan fingerprint density at radius 3 is 2.50 bits per heavy atom. The average Bonchev–Trinajstić information content (AvgIpc) is 2.35. The molecule has 1 aromatic carbocycles. The number of ether oxygens (including phenoxy) is 1. The minimum Gasteiger partial charge on any atom is -0.481 e. The molecule has 5 nitrogen and oxygen atoms in total. The third kappa shape index (κ3) is 1.29. The zero-order valence-electron chi connectivity index (χ0n) is 9.32. The molecule has 1 aliphatic heterocycles. The highest BCUT2D eigenvalue weighted by atomic mass is 16.6. The van der Waals surface area contributed by atoms with E-state index in [1.165, 1.54) is 6.07 Å². The van der Waals surface area contributed by atoms with Crippen molar-refractivity contribution in [3.05, 3.63) is 23.3 Å². The van der Waals surface area contributed by atoms with Crippen LogP contribution in [-0.4, -0.2) is 15.8 Å². The smallest absolute Gasteiger partial charge is 0.234 e. The zero-order chi connectivity index (χ0) is 12.1. The van der Waals surface area contributed by atoms with Crippen LogP contribution in [0.2, 0.25) is 0 Å². The van der Waals surface area contributed by atoms with E-state index in [1.807, 2.05) is 0 Å². The van der Waals surface area contributed by atoms with Crippen LogP contribution in [0.1, 0.15) is 25.0 Å². The molecule has 0 saturated heterocycles. The molecule has 2 rings (SSSR count). The Bertz CT molecular complexity index is 441. The number of fused-ring (bicyclic) bond motifs is 1. The third-order valence-corrected chi connectivity index (χ3v) is 2.98. The van der Waals surface area contributed by atoms with Crippen LogP contribution < -0.4 is 16.2 Å². The maximum absolute atomic E-state index is 10.1. The van der Waals surface area contributed by atoms with E-state index in [1.54, 1.807) is 19.9 Å². The molecule has 1 aliphatic rings. The fourth-order valence-corrected chi connectivity index (χ4v) is 1.90. The molecule has 0 aliphatic carbocycles. The van der Waals surface area contributed by atoms with E-state index in [2.05, 4.69) is 0 Å². The van der Waals surface area contributed by atoms with Gasteiger partial charge in [-0.3, -0.25) is 0 Å². The van der Waals surface area contributed by atoms with Gasteiger partial charge in [0.1, 0.15) is 5.75 Å². The van der Waals surface area contributed by atoms with Crippen molar-refractivity contribution >= 4 is 5.69 Å². The number of rotatable bonds is 1. The van der Waals surface area contributed by atoms with Crippen LogP contribution in [0.4, 0.5) is 5.69 Å². The lowest BCUT2D eigenvalue weighted by Crippen LogP contribution is -2.46. The molecule has 0 atom stereocenters. The maximum Gasteiger partial charge on any atom is 0.234 e. The van der Waals surface area contributed by atoms with E-state index in [4.69, 9.17) is 16.2 Å². The second kappa shape index (κ2) is 3.10. The molecule has 0 unspecified atom stereocenters. The van der Waals surface area contributed by atoms with Gasteiger partial charge in [0, 0.05) is 17.8 Å². The van der Waals surface area contributed by atoms with Crippen LogP contribution in [0.15, 0.2) is 12.1 Å². The Balaban J connectivity index is 2.68. The van der Waals surface area contributed by atoms with Crippen molar-refractivity contribution in [3.8, 4) is 5.75 Å². The normalized spacial score (nSPS) is 20.3. The van der Waals surface area contributed by atoms with Crippen molar-refractivity contribution in [2.24, 2.45) is 5.73 Å². The van der Waals surface area contributed by atoms with Gasteiger partial charge in [-0.2, -0.15) is 0 Å². The second-order valence-corrected chi connectivity index (χ2v) is 4.55. The molecule has 0 aromatic heterocycles. The molecule has 0 bridgehead atoms. The highest BCUT2D eigenvalue weighted by molar-refractivity contribution is 5.57. The van der Waals surface area contributed by atoms with E-state index < -0.39 is 11.4 Å². The summed E-state index contributed by atoms with van der Waals surface area (Å²) in [5, 5.41) is 20.1. The van der Waals surface area contributed by atoms with Gasteiger partial charge in [-0.05, 0) is 26.0 Å². The first-order chi connectivity index (χ1) is 7.29. The Morgan fingerprint density at radius 2 is 1.94 bits per heavy atom. The van der Waals surface area contributed by atoms with Crippen molar-refractivity contribution in [2.45, 2.75) is 31.8 Å². The second-order valence-electron chi connectivity index (χ2n) is 4.55. The monoisotopic (exact) mass is 224 g/mol. The zero-order valence-corrected chi connectivity index (χ0v) is 9.32. The fourth-order valence-electron chi connectivity index (χ4n) is 1.90. The molecule has 1 heterocycles. The van der Waals surface area contributed by atoms with E-state index in [-0.39, 0.29) is 12.1 Å². The highest BCUT2D eigenvalue weighted by Crippen LogP contribution is 2.48. The largest absolute Gasteiger partial charge is 0.481 e. The van der Waals surface area contributed by atoms with Gasteiger partial charge in [-0.15, -0.1) is 0 Å². The summed E-state index contributed by atoms with van der Waals surface area (Å²) in [4.78, 5) is 0. The molecule has 5 heteroatoms. The summed E-state index contributed by atoms with van der Waals surface area (Å²) >= 11 is 0. The van der Waals surface area contributed by atoms with Crippen molar-refractivity contribution in [1.29, 1.82) is 0 Å². The van der Waals surface area contributed by atoms with Gasteiger partial charge in [0.25, 0.3) is 0 Å². The third-order valence-electron chi connectivity index (χ3n) is 2.98. The average molecular weight is 224 g/mol. The van der Waals surface area contributed by atoms with E-state index in [9.17, 15) is 10.2 Å². The Hall–Kier alpha value is -1.30. The predicted molar refractivity (Wildman–Crippen MR) is 59.6 cm³/mol. The summed E-state index contributed by atoms with van der Waals surface area (Å²) in [5.41, 5.74) is 11.5. The van der Waals surface area contributed by atoms with Gasteiger partial charge in [-0.25, -0.2) is 0 Å². The fraction of sp³-hybridized carbons (Fsp3) is 0.455. The number of nitrogens with two attached hydrogens (primary N) is 2. The summed E-state index contributed by atoms with van der Waals surface area (Å²) in [7, 11) is 0. The first kappa shape index (κ1) is 11.2. The van der Waals surface area contributed by atoms with Crippen molar-refractivity contribution in [2.75, 3.05) is 5.73 Å².